The van der Waals surface area contributed by atoms with E-state index in [2.05, 4.69) is 6.58 Å². The van der Waals surface area contributed by atoms with Gasteiger partial charge in [0.2, 0.25) is 0 Å². The Hall–Kier alpha value is -1.15. The van der Waals surface area contributed by atoms with Crippen LogP contribution in [0.25, 0.3) is 0 Å². The van der Waals surface area contributed by atoms with Crippen molar-refractivity contribution in [2.24, 2.45) is 0 Å². The van der Waals surface area contributed by atoms with Crippen LogP contribution in [0.5, 0.6) is 0 Å². The van der Waals surface area contributed by atoms with Gasteiger partial charge in [0.15, 0.2) is 5.78 Å². The van der Waals surface area contributed by atoms with Gasteiger partial charge < -0.3 is 0 Å². The molecule has 0 aliphatic heterocycles. The maximum absolute atomic E-state index is 13.2. The van der Waals surface area contributed by atoms with E-state index in [0.717, 1.165) is 0 Å². The van der Waals surface area contributed by atoms with E-state index >= 15 is 0 Å². The Labute approximate surface area is 87.2 Å². The maximum atomic E-state index is 13.2. The molecule has 0 N–H and O–H groups in total. The number of carbonyl (C=O) groups is 1. The van der Waals surface area contributed by atoms with Crippen LogP contribution in [0, 0.1) is 5.82 Å². The zero-order valence-electron chi connectivity index (χ0n) is 7.81. The van der Waals surface area contributed by atoms with Crippen LogP contribution < -0.4 is 0 Å². The van der Waals surface area contributed by atoms with Gasteiger partial charge in [-0.2, -0.15) is 0 Å². The largest absolute Gasteiger partial charge is 0.294 e. The molecule has 0 aliphatic rings. The smallest absolute Gasteiger partial charge is 0.171 e. The molecule has 0 amide bonds. The van der Waals surface area contributed by atoms with Gasteiger partial charge in [0.1, 0.15) is 5.82 Å². The molecule has 1 aromatic carbocycles. The summed E-state index contributed by atoms with van der Waals surface area (Å²) in [6, 6.07) is 4.18. The molecule has 0 aromatic heterocycles. The van der Waals surface area contributed by atoms with Crippen molar-refractivity contribution in [2.45, 2.75) is 13.3 Å². The molecule has 0 spiro atoms. The first-order chi connectivity index (χ1) is 6.52. The van der Waals surface area contributed by atoms with E-state index in [1.165, 1.54) is 18.2 Å². The van der Waals surface area contributed by atoms with E-state index in [9.17, 15) is 9.18 Å². The highest BCUT2D eigenvalue weighted by Gasteiger charge is 2.14. The summed E-state index contributed by atoms with van der Waals surface area (Å²) in [4.78, 5) is 11.5. The average Bonchev–Trinajstić information content (AvgIpc) is 2.01. The first-order valence-corrected chi connectivity index (χ1v) is 4.51. The van der Waals surface area contributed by atoms with Crippen LogP contribution in [0.1, 0.15) is 23.7 Å². The van der Waals surface area contributed by atoms with E-state index in [-0.39, 0.29) is 22.8 Å². The van der Waals surface area contributed by atoms with Gasteiger partial charge >= 0.3 is 0 Å². The number of allylic oxidation sites excluding steroid dienone is 1. The Balaban J connectivity index is 3.06. The van der Waals surface area contributed by atoms with Crippen molar-refractivity contribution >= 4 is 17.4 Å². The van der Waals surface area contributed by atoms with Gasteiger partial charge in [-0.25, -0.2) is 4.39 Å². The normalized spacial score (nSPS) is 9.93. The number of halogens is 2. The highest BCUT2D eigenvalue weighted by Crippen LogP contribution is 2.21. The quantitative estimate of drug-likeness (QED) is 0.552. The molecule has 3 heteroatoms. The summed E-state index contributed by atoms with van der Waals surface area (Å²) in [6.07, 6.45) is 0.126. The number of benzene rings is 1. The fourth-order valence-corrected chi connectivity index (χ4v) is 1.40. The minimum Gasteiger partial charge on any atom is -0.294 e. The molecule has 0 unspecified atom stereocenters. The van der Waals surface area contributed by atoms with Gasteiger partial charge in [0.25, 0.3) is 0 Å². The van der Waals surface area contributed by atoms with Crippen LogP contribution in [0.3, 0.4) is 0 Å². The molecule has 0 aliphatic carbocycles. The third-order valence-electron chi connectivity index (χ3n) is 1.70. The Morgan fingerprint density at radius 1 is 1.57 bits per heavy atom. The minimum absolute atomic E-state index is 0.0443. The molecule has 74 valence electrons. The lowest BCUT2D eigenvalue weighted by molar-refractivity contribution is 0.0989. The van der Waals surface area contributed by atoms with E-state index in [1.807, 2.05) is 0 Å². The van der Waals surface area contributed by atoms with Crippen LogP contribution in [0.2, 0.25) is 5.02 Å². The van der Waals surface area contributed by atoms with Crippen molar-refractivity contribution in [3.63, 3.8) is 0 Å². The topological polar surface area (TPSA) is 17.1 Å². The second-order valence-electron chi connectivity index (χ2n) is 3.15. The number of hydrogen-bond acceptors (Lipinski definition) is 1. The number of rotatable bonds is 3. The zero-order chi connectivity index (χ0) is 10.7. The molecule has 1 nitrogen and oxygen atoms in total. The van der Waals surface area contributed by atoms with E-state index in [1.54, 1.807) is 6.92 Å². The van der Waals surface area contributed by atoms with Crippen molar-refractivity contribution in [2.75, 3.05) is 0 Å². The summed E-state index contributed by atoms with van der Waals surface area (Å²) in [7, 11) is 0. The summed E-state index contributed by atoms with van der Waals surface area (Å²) in [5, 5.41) is 0.149. The van der Waals surface area contributed by atoms with Gasteiger partial charge in [-0.05, 0) is 19.1 Å². The van der Waals surface area contributed by atoms with Crippen molar-refractivity contribution in [3.8, 4) is 0 Å². The molecule has 0 atom stereocenters. The molecule has 0 radical (unpaired) electrons. The molecule has 1 aromatic rings. The van der Waals surface area contributed by atoms with Gasteiger partial charge in [0.05, 0.1) is 10.6 Å². The highest BCUT2D eigenvalue weighted by molar-refractivity contribution is 6.34. The van der Waals surface area contributed by atoms with Crippen LogP contribution in [-0.4, -0.2) is 5.78 Å². The van der Waals surface area contributed by atoms with E-state index < -0.39 is 5.82 Å². The molecule has 0 saturated carbocycles. The lowest BCUT2D eigenvalue weighted by Crippen LogP contribution is -2.03. The average molecular weight is 213 g/mol. The van der Waals surface area contributed by atoms with Crippen LogP contribution in [-0.2, 0) is 0 Å². The Bertz CT molecular complexity index is 365. The second kappa shape index (κ2) is 4.38. The first-order valence-electron chi connectivity index (χ1n) is 4.14. The van der Waals surface area contributed by atoms with Gasteiger partial charge in [0, 0.05) is 6.42 Å². The summed E-state index contributed by atoms with van der Waals surface area (Å²) >= 11 is 5.72. The lowest BCUT2D eigenvalue weighted by Gasteiger charge is -2.04. The zero-order valence-corrected chi connectivity index (χ0v) is 8.57. The maximum Gasteiger partial charge on any atom is 0.171 e. The SMILES string of the molecule is C=C(C)CC(=O)c1c(F)cccc1Cl. The molecule has 0 bridgehead atoms. The summed E-state index contributed by atoms with van der Waals surface area (Å²) in [5.74, 6) is -0.913. The molecule has 14 heavy (non-hydrogen) atoms. The first kappa shape index (κ1) is 10.9. The second-order valence-corrected chi connectivity index (χ2v) is 3.56. The van der Waals surface area contributed by atoms with Crippen molar-refractivity contribution in [3.05, 3.63) is 46.8 Å². The molecule has 0 heterocycles. The summed E-state index contributed by atoms with van der Waals surface area (Å²) in [5.41, 5.74) is 0.645. The lowest BCUT2D eigenvalue weighted by atomic mass is 10.0. The highest BCUT2D eigenvalue weighted by atomic mass is 35.5. The molecular weight excluding hydrogens is 203 g/mol. The van der Waals surface area contributed by atoms with E-state index in [4.69, 9.17) is 11.6 Å². The number of ketones is 1. The Morgan fingerprint density at radius 2 is 2.21 bits per heavy atom. The standard InChI is InChI=1S/C11H10ClFO/c1-7(2)6-10(14)11-8(12)4-3-5-9(11)13/h3-5H,1,6H2,2H3. The molecule has 1 rings (SSSR count). The molecular formula is C11H10ClFO. The van der Waals surface area contributed by atoms with Crippen LogP contribution in [0.15, 0.2) is 30.4 Å². The Morgan fingerprint density at radius 3 is 2.71 bits per heavy atom. The van der Waals surface area contributed by atoms with Crippen molar-refractivity contribution in [1.82, 2.24) is 0 Å². The fourth-order valence-electron chi connectivity index (χ4n) is 1.13. The number of carbonyl (C=O) groups excluding carboxylic acids is 1. The van der Waals surface area contributed by atoms with Crippen LogP contribution >= 0.6 is 11.6 Å². The monoisotopic (exact) mass is 212 g/mol. The summed E-state index contributed by atoms with van der Waals surface area (Å²) < 4.78 is 13.2. The van der Waals surface area contributed by atoms with Gasteiger partial charge in [-0.3, -0.25) is 4.79 Å². The third-order valence-corrected chi connectivity index (χ3v) is 2.02. The molecule has 0 saturated heterocycles. The summed E-state index contributed by atoms with van der Waals surface area (Å²) in [6.45, 7) is 5.31. The minimum atomic E-state index is -0.580. The van der Waals surface area contributed by atoms with Gasteiger partial charge in [-0.15, -0.1) is 0 Å². The molecule has 0 fully saturated rings. The van der Waals surface area contributed by atoms with Crippen molar-refractivity contribution < 1.29 is 9.18 Å². The van der Waals surface area contributed by atoms with E-state index in [0.29, 0.717) is 5.57 Å². The predicted molar refractivity (Wildman–Crippen MR) is 55.2 cm³/mol. The van der Waals surface area contributed by atoms with Crippen LogP contribution in [0.4, 0.5) is 4.39 Å². The third kappa shape index (κ3) is 2.42. The van der Waals surface area contributed by atoms with Gasteiger partial charge in [-0.1, -0.05) is 29.8 Å². The Kier molecular flexibility index (Phi) is 3.42. The fraction of sp³-hybridized carbons (Fsp3) is 0.182. The van der Waals surface area contributed by atoms with Crippen molar-refractivity contribution in [1.29, 1.82) is 0 Å². The number of Topliss-reactive ketones (excluding diaryl/α,β-unsaturated/α-hetero) is 1. The predicted octanol–water partition coefficient (Wildman–Crippen LogP) is 3.63. The number of hydrogen-bond donors (Lipinski definition) is 0.